The smallest absolute Gasteiger partial charge is 0.232 e. The molecule has 2 atom stereocenters. The molecule has 3 heterocycles. The molecule has 1 aliphatic heterocycles. The van der Waals surface area contributed by atoms with Gasteiger partial charge < -0.3 is 4.90 Å². The van der Waals surface area contributed by atoms with Gasteiger partial charge in [0.25, 0.3) is 0 Å². The number of hydrogen-bond acceptors (Lipinski definition) is 5. The Morgan fingerprint density at radius 1 is 1.07 bits per heavy atom. The van der Waals surface area contributed by atoms with E-state index in [1.807, 2.05) is 35.0 Å². The minimum atomic E-state index is 0.223. The number of para-hydroxylation sites is 1. The molecule has 0 unspecified atom stereocenters. The number of nitrogens with zero attached hydrogens (tertiary/aromatic N) is 5. The largest absolute Gasteiger partial charge is 0.342 e. The van der Waals surface area contributed by atoms with Gasteiger partial charge in [0.05, 0.1) is 23.0 Å². The summed E-state index contributed by atoms with van der Waals surface area (Å²) in [6.45, 7) is 1.85. The molecule has 29 heavy (non-hydrogen) atoms. The van der Waals surface area contributed by atoms with E-state index in [9.17, 15) is 4.79 Å². The first-order valence-electron chi connectivity index (χ1n) is 10.4. The number of aromatic nitrogens is 4. The Hall–Kier alpha value is -2.41. The Morgan fingerprint density at radius 2 is 1.90 bits per heavy atom. The van der Waals surface area contributed by atoms with Gasteiger partial charge in [0, 0.05) is 13.1 Å². The van der Waals surface area contributed by atoms with Gasteiger partial charge in [-0.3, -0.25) is 4.79 Å². The second kappa shape index (κ2) is 8.14. The summed E-state index contributed by atoms with van der Waals surface area (Å²) < 4.78 is 1.82. The zero-order chi connectivity index (χ0) is 19.6. The predicted molar refractivity (Wildman–Crippen MR) is 114 cm³/mol. The van der Waals surface area contributed by atoms with Crippen molar-refractivity contribution >= 4 is 28.7 Å². The zero-order valence-electron chi connectivity index (χ0n) is 16.4. The molecule has 0 bridgehead atoms. The number of thioether (sulfide) groups is 1. The van der Waals surface area contributed by atoms with Gasteiger partial charge in [-0.05, 0) is 36.8 Å². The van der Waals surface area contributed by atoms with Crippen LogP contribution in [0.25, 0.3) is 16.7 Å². The number of likely N-dealkylation sites (tertiary alicyclic amines) is 1. The fraction of sp³-hybridized carbons (Fsp3) is 0.455. The molecule has 5 rings (SSSR count). The van der Waals surface area contributed by atoms with E-state index in [2.05, 4.69) is 20.0 Å². The standard InChI is InChI=1S/C22H25N5OS/c28-20(26-11-10-16-6-4-5-7-17(16)13-26)14-29-22-19-12-25-27(21(19)23-15-24-22)18-8-2-1-3-9-18/h1-3,8-9,12,15-17H,4-7,10-11,13-14H2/t16-,17-/m0/s1. The van der Waals surface area contributed by atoms with Crippen molar-refractivity contribution in [3.05, 3.63) is 42.9 Å². The van der Waals surface area contributed by atoms with Crippen LogP contribution < -0.4 is 0 Å². The zero-order valence-corrected chi connectivity index (χ0v) is 17.2. The van der Waals surface area contributed by atoms with Crippen LogP contribution in [0, 0.1) is 11.8 Å². The minimum absolute atomic E-state index is 0.223. The molecule has 150 valence electrons. The molecule has 1 saturated carbocycles. The minimum Gasteiger partial charge on any atom is -0.342 e. The SMILES string of the molecule is O=C(CSc1ncnc2c1cnn2-c1ccccc1)N1CC[C@@H]2CCCC[C@H]2C1. The van der Waals surface area contributed by atoms with E-state index >= 15 is 0 Å². The molecule has 1 amide bonds. The Kier molecular flexibility index (Phi) is 5.23. The Labute approximate surface area is 174 Å². The third kappa shape index (κ3) is 3.75. The van der Waals surface area contributed by atoms with Crippen LogP contribution >= 0.6 is 11.8 Å². The van der Waals surface area contributed by atoms with Gasteiger partial charge in [-0.2, -0.15) is 5.10 Å². The summed E-state index contributed by atoms with van der Waals surface area (Å²) in [4.78, 5) is 23.8. The quantitative estimate of drug-likeness (QED) is 0.484. The molecular weight excluding hydrogens is 382 g/mol. The molecule has 2 fully saturated rings. The molecule has 2 aliphatic rings. The van der Waals surface area contributed by atoms with E-state index in [-0.39, 0.29) is 5.91 Å². The van der Waals surface area contributed by atoms with Crippen molar-refractivity contribution in [2.24, 2.45) is 11.8 Å². The van der Waals surface area contributed by atoms with Crippen molar-refractivity contribution < 1.29 is 4.79 Å². The van der Waals surface area contributed by atoms with Gasteiger partial charge in [0.2, 0.25) is 5.91 Å². The fourth-order valence-electron chi connectivity index (χ4n) is 4.74. The topological polar surface area (TPSA) is 63.9 Å². The molecule has 1 aromatic carbocycles. The lowest BCUT2D eigenvalue weighted by atomic mass is 9.75. The van der Waals surface area contributed by atoms with E-state index < -0.39 is 0 Å². The monoisotopic (exact) mass is 407 g/mol. The lowest BCUT2D eigenvalue weighted by molar-refractivity contribution is -0.131. The molecular formula is C22H25N5OS. The third-order valence-electron chi connectivity index (χ3n) is 6.31. The molecule has 1 saturated heterocycles. The number of amides is 1. The Bertz CT molecular complexity index is 1000. The molecule has 0 radical (unpaired) electrons. The summed E-state index contributed by atoms with van der Waals surface area (Å²) >= 11 is 1.49. The lowest BCUT2D eigenvalue weighted by Crippen LogP contribution is -2.45. The normalized spacial score (nSPS) is 21.9. The third-order valence-corrected chi connectivity index (χ3v) is 7.30. The lowest BCUT2D eigenvalue weighted by Gasteiger charge is -2.41. The summed E-state index contributed by atoms with van der Waals surface area (Å²) in [6, 6.07) is 9.94. The summed E-state index contributed by atoms with van der Waals surface area (Å²) in [7, 11) is 0. The van der Waals surface area contributed by atoms with Crippen LogP contribution in [-0.4, -0.2) is 49.4 Å². The second-order valence-corrected chi connectivity index (χ2v) is 8.99. The van der Waals surface area contributed by atoms with Crippen LogP contribution in [0.2, 0.25) is 0 Å². The highest BCUT2D eigenvalue weighted by Crippen LogP contribution is 2.36. The molecule has 3 aromatic rings. The molecule has 6 nitrogen and oxygen atoms in total. The van der Waals surface area contributed by atoms with Crippen molar-refractivity contribution in [1.29, 1.82) is 0 Å². The van der Waals surface area contributed by atoms with Gasteiger partial charge in [0.15, 0.2) is 5.65 Å². The highest BCUT2D eigenvalue weighted by Gasteiger charge is 2.32. The maximum Gasteiger partial charge on any atom is 0.232 e. The van der Waals surface area contributed by atoms with E-state index in [0.717, 1.165) is 40.8 Å². The molecule has 2 aromatic heterocycles. The van der Waals surface area contributed by atoms with Crippen molar-refractivity contribution in [2.45, 2.75) is 37.1 Å². The number of piperidine rings is 1. The van der Waals surface area contributed by atoms with Crippen LogP contribution in [0.5, 0.6) is 0 Å². The number of fused-ring (bicyclic) bond motifs is 2. The van der Waals surface area contributed by atoms with Crippen molar-refractivity contribution in [3.8, 4) is 5.69 Å². The fourth-order valence-corrected chi connectivity index (χ4v) is 5.61. The first-order chi connectivity index (χ1) is 14.3. The molecule has 0 N–H and O–H groups in total. The number of carbonyl (C=O) groups is 1. The van der Waals surface area contributed by atoms with E-state index in [1.54, 1.807) is 12.5 Å². The van der Waals surface area contributed by atoms with Gasteiger partial charge in [-0.1, -0.05) is 49.2 Å². The van der Waals surface area contributed by atoms with Crippen molar-refractivity contribution in [2.75, 3.05) is 18.8 Å². The van der Waals surface area contributed by atoms with Gasteiger partial charge in [-0.15, -0.1) is 0 Å². The van der Waals surface area contributed by atoms with Crippen molar-refractivity contribution in [3.63, 3.8) is 0 Å². The average Bonchev–Trinajstić information content (AvgIpc) is 3.22. The summed E-state index contributed by atoms with van der Waals surface area (Å²) in [5, 5.41) is 6.20. The predicted octanol–water partition coefficient (Wildman–Crippen LogP) is 3.95. The molecule has 1 aliphatic carbocycles. The second-order valence-electron chi connectivity index (χ2n) is 8.03. The maximum absolute atomic E-state index is 12.8. The van der Waals surface area contributed by atoms with Crippen LogP contribution in [0.3, 0.4) is 0 Å². The number of rotatable bonds is 4. The van der Waals surface area contributed by atoms with E-state index in [1.165, 1.54) is 43.9 Å². The molecule has 0 spiro atoms. The highest BCUT2D eigenvalue weighted by molar-refractivity contribution is 8.00. The Balaban J connectivity index is 1.28. The van der Waals surface area contributed by atoms with E-state index in [4.69, 9.17) is 0 Å². The number of carbonyl (C=O) groups excluding carboxylic acids is 1. The number of hydrogen-bond donors (Lipinski definition) is 0. The van der Waals surface area contributed by atoms with Crippen molar-refractivity contribution in [1.82, 2.24) is 24.6 Å². The number of benzene rings is 1. The van der Waals surface area contributed by atoms with Crippen LogP contribution in [0.15, 0.2) is 47.9 Å². The first kappa shape index (κ1) is 18.6. The van der Waals surface area contributed by atoms with E-state index in [0.29, 0.717) is 11.7 Å². The van der Waals surface area contributed by atoms with Gasteiger partial charge in [-0.25, -0.2) is 14.6 Å². The summed E-state index contributed by atoms with van der Waals surface area (Å²) in [5.74, 6) is 2.19. The van der Waals surface area contributed by atoms with Crippen LogP contribution in [0.1, 0.15) is 32.1 Å². The van der Waals surface area contributed by atoms with Gasteiger partial charge >= 0.3 is 0 Å². The highest BCUT2D eigenvalue weighted by atomic mass is 32.2. The Morgan fingerprint density at radius 3 is 2.76 bits per heavy atom. The summed E-state index contributed by atoms with van der Waals surface area (Å²) in [6.07, 6.45) is 9.85. The molecule has 7 heteroatoms. The van der Waals surface area contributed by atoms with Gasteiger partial charge in [0.1, 0.15) is 11.4 Å². The maximum atomic E-state index is 12.8. The average molecular weight is 408 g/mol. The van der Waals surface area contributed by atoms with Crippen LogP contribution in [0.4, 0.5) is 0 Å². The first-order valence-corrected chi connectivity index (χ1v) is 11.4. The summed E-state index contributed by atoms with van der Waals surface area (Å²) in [5.41, 5.74) is 1.73. The van der Waals surface area contributed by atoms with Crippen LogP contribution in [-0.2, 0) is 4.79 Å².